The summed E-state index contributed by atoms with van der Waals surface area (Å²) >= 11 is 0. The number of hydrogen-bond acceptors (Lipinski definition) is 4. The van der Waals surface area contributed by atoms with Crippen LogP contribution in [0.5, 0.6) is 5.88 Å². The molecule has 0 saturated carbocycles. The molecule has 0 fully saturated rings. The van der Waals surface area contributed by atoms with Crippen molar-refractivity contribution in [3.63, 3.8) is 0 Å². The van der Waals surface area contributed by atoms with Gasteiger partial charge < -0.3 is 10.1 Å². The molecule has 0 atom stereocenters. The van der Waals surface area contributed by atoms with Crippen molar-refractivity contribution in [1.29, 1.82) is 0 Å². The molecule has 0 bridgehead atoms. The molecule has 0 aliphatic heterocycles. The van der Waals surface area contributed by atoms with Crippen molar-refractivity contribution < 1.29 is 9.13 Å². The van der Waals surface area contributed by atoms with E-state index in [-0.39, 0.29) is 5.82 Å². The molecule has 1 rings (SSSR count). The van der Waals surface area contributed by atoms with Gasteiger partial charge in [0.1, 0.15) is 12.4 Å². The number of ether oxygens (including phenoxy) is 1. The van der Waals surface area contributed by atoms with E-state index in [4.69, 9.17) is 4.74 Å². The van der Waals surface area contributed by atoms with Gasteiger partial charge in [-0.15, -0.1) is 0 Å². The molecule has 4 nitrogen and oxygen atoms in total. The first-order valence-electron chi connectivity index (χ1n) is 7.69. The Bertz CT molecular complexity index is 416. The molecule has 0 aliphatic carbocycles. The van der Waals surface area contributed by atoms with Crippen LogP contribution in [0.25, 0.3) is 0 Å². The second kappa shape index (κ2) is 8.95. The van der Waals surface area contributed by atoms with Gasteiger partial charge in [0.05, 0.1) is 6.20 Å². The van der Waals surface area contributed by atoms with Crippen LogP contribution < -0.4 is 10.1 Å². The molecular formula is C16H28FN3O. The van der Waals surface area contributed by atoms with Crippen LogP contribution >= 0.6 is 0 Å². The van der Waals surface area contributed by atoms with Gasteiger partial charge in [0.2, 0.25) is 5.88 Å². The summed E-state index contributed by atoms with van der Waals surface area (Å²) in [5, 5.41) is 3.17. The Labute approximate surface area is 127 Å². The molecule has 1 aromatic heterocycles. The summed E-state index contributed by atoms with van der Waals surface area (Å²) in [5.74, 6) is 0.186. The van der Waals surface area contributed by atoms with E-state index in [9.17, 15) is 4.39 Å². The highest BCUT2D eigenvalue weighted by molar-refractivity contribution is 5.26. The zero-order chi connectivity index (χ0) is 15.8. The molecule has 1 heterocycles. The van der Waals surface area contributed by atoms with Gasteiger partial charge in [-0.2, -0.15) is 0 Å². The summed E-state index contributed by atoms with van der Waals surface area (Å²) in [6.45, 7) is 13.5. The largest absolute Gasteiger partial charge is 0.476 e. The SMILES string of the molecule is CCNCc1cc(F)cnc1OCCN(C(C)C)C(C)C. The standard InChI is InChI=1S/C16H28FN3O/c1-6-18-10-14-9-15(17)11-19-16(14)21-8-7-20(12(2)3)13(4)5/h9,11-13,18H,6-8,10H2,1-5H3. The van der Waals surface area contributed by atoms with Crippen LogP contribution in [0.4, 0.5) is 4.39 Å². The molecule has 5 heteroatoms. The number of rotatable bonds is 9. The lowest BCUT2D eigenvalue weighted by Gasteiger charge is -2.30. The summed E-state index contributed by atoms with van der Waals surface area (Å²) in [4.78, 5) is 6.42. The van der Waals surface area contributed by atoms with Crippen LogP contribution in [0, 0.1) is 5.82 Å². The van der Waals surface area contributed by atoms with Gasteiger partial charge in [0.25, 0.3) is 0 Å². The summed E-state index contributed by atoms with van der Waals surface area (Å²) in [6.07, 6.45) is 1.20. The molecule has 0 aliphatic rings. The van der Waals surface area contributed by atoms with Crippen molar-refractivity contribution in [2.24, 2.45) is 0 Å². The second-order valence-electron chi connectivity index (χ2n) is 5.67. The van der Waals surface area contributed by atoms with Crippen molar-refractivity contribution in [3.8, 4) is 5.88 Å². The quantitative estimate of drug-likeness (QED) is 0.760. The van der Waals surface area contributed by atoms with E-state index in [1.54, 1.807) is 0 Å². The molecular weight excluding hydrogens is 269 g/mol. The summed E-state index contributed by atoms with van der Waals surface area (Å²) < 4.78 is 19.0. The fraction of sp³-hybridized carbons (Fsp3) is 0.688. The number of hydrogen-bond donors (Lipinski definition) is 1. The van der Waals surface area contributed by atoms with Gasteiger partial charge in [0.15, 0.2) is 0 Å². The zero-order valence-corrected chi connectivity index (χ0v) is 13.8. The molecule has 0 saturated heterocycles. The van der Waals surface area contributed by atoms with Crippen LogP contribution in [0.2, 0.25) is 0 Å². The molecule has 0 aromatic carbocycles. The summed E-state index contributed by atoms with van der Waals surface area (Å²) in [5.41, 5.74) is 0.762. The zero-order valence-electron chi connectivity index (χ0n) is 13.8. The first kappa shape index (κ1) is 17.9. The number of aromatic nitrogens is 1. The first-order chi connectivity index (χ1) is 9.95. The van der Waals surface area contributed by atoms with E-state index in [2.05, 4.69) is 42.9 Å². The highest BCUT2D eigenvalue weighted by Gasteiger charge is 2.14. The molecule has 0 unspecified atom stereocenters. The minimum absolute atomic E-state index is 0.332. The Balaban J connectivity index is 2.61. The van der Waals surface area contributed by atoms with E-state index < -0.39 is 0 Å². The Morgan fingerprint density at radius 1 is 1.29 bits per heavy atom. The van der Waals surface area contributed by atoms with E-state index in [0.717, 1.165) is 18.7 Å². The topological polar surface area (TPSA) is 37.4 Å². The minimum Gasteiger partial charge on any atom is -0.476 e. The highest BCUT2D eigenvalue weighted by Crippen LogP contribution is 2.16. The Morgan fingerprint density at radius 3 is 2.52 bits per heavy atom. The third kappa shape index (κ3) is 5.98. The summed E-state index contributed by atoms with van der Waals surface area (Å²) in [6, 6.07) is 2.42. The third-order valence-electron chi connectivity index (χ3n) is 3.37. The third-order valence-corrected chi connectivity index (χ3v) is 3.37. The maximum Gasteiger partial charge on any atom is 0.218 e. The van der Waals surface area contributed by atoms with Gasteiger partial charge in [-0.05, 0) is 40.3 Å². The minimum atomic E-state index is -0.332. The monoisotopic (exact) mass is 297 g/mol. The normalized spacial score (nSPS) is 11.7. The lowest BCUT2D eigenvalue weighted by molar-refractivity contribution is 0.139. The predicted octanol–water partition coefficient (Wildman–Crippen LogP) is 2.83. The van der Waals surface area contributed by atoms with Gasteiger partial charge >= 0.3 is 0 Å². The molecule has 1 N–H and O–H groups in total. The molecule has 120 valence electrons. The van der Waals surface area contributed by atoms with Crippen molar-refractivity contribution >= 4 is 0 Å². The van der Waals surface area contributed by atoms with Crippen LogP contribution in [0.15, 0.2) is 12.3 Å². The van der Waals surface area contributed by atoms with Crippen LogP contribution in [-0.2, 0) is 6.54 Å². The van der Waals surface area contributed by atoms with E-state index in [1.807, 2.05) is 6.92 Å². The smallest absolute Gasteiger partial charge is 0.218 e. The number of halogens is 1. The number of pyridine rings is 1. The van der Waals surface area contributed by atoms with Gasteiger partial charge in [-0.25, -0.2) is 9.37 Å². The lowest BCUT2D eigenvalue weighted by atomic mass is 10.2. The molecule has 1 aromatic rings. The van der Waals surface area contributed by atoms with Crippen molar-refractivity contribution in [2.45, 2.75) is 53.2 Å². The Hall–Kier alpha value is -1.20. The van der Waals surface area contributed by atoms with Crippen LogP contribution in [0.3, 0.4) is 0 Å². The molecule has 0 radical (unpaired) electrons. The molecule has 21 heavy (non-hydrogen) atoms. The van der Waals surface area contributed by atoms with E-state index in [1.165, 1.54) is 12.3 Å². The fourth-order valence-corrected chi connectivity index (χ4v) is 2.35. The average Bonchev–Trinajstić information content (AvgIpc) is 2.42. The maximum atomic E-state index is 13.3. The van der Waals surface area contributed by atoms with Crippen LogP contribution in [0.1, 0.15) is 40.2 Å². The van der Waals surface area contributed by atoms with Gasteiger partial charge in [-0.1, -0.05) is 6.92 Å². The fourth-order valence-electron chi connectivity index (χ4n) is 2.35. The van der Waals surface area contributed by atoms with E-state index in [0.29, 0.717) is 31.1 Å². The lowest BCUT2D eigenvalue weighted by Crippen LogP contribution is -2.39. The second-order valence-corrected chi connectivity index (χ2v) is 5.67. The van der Waals surface area contributed by atoms with Crippen molar-refractivity contribution in [3.05, 3.63) is 23.6 Å². The number of nitrogens with one attached hydrogen (secondary N) is 1. The van der Waals surface area contributed by atoms with Crippen LogP contribution in [-0.4, -0.2) is 41.7 Å². The highest BCUT2D eigenvalue weighted by atomic mass is 19.1. The number of nitrogens with zero attached hydrogens (tertiary/aromatic N) is 2. The van der Waals surface area contributed by atoms with Crippen molar-refractivity contribution in [2.75, 3.05) is 19.7 Å². The predicted molar refractivity (Wildman–Crippen MR) is 84.0 cm³/mol. The Morgan fingerprint density at radius 2 is 1.95 bits per heavy atom. The maximum absolute atomic E-state index is 13.3. The molecule has 0 spiro atoms. The summed E-state index contributed by atoms with van der Waals surface area (Å²) in [7, 11) is 0. The average molecular weight is 297 g/mol. The van der Waals surface area contributed by atoms with Gasteiger partial charge in [-0.3, -0.25) is 4.90 Å². The van der Waals surface area contributed by atoms with Gasteiger partial charge in [0, 0.05) is 30.7 Å². The Kier molecular flexibility index (Phi) is 7.61. The van der Waals surface area contributed by atoms with Crippen molar-refractivity contribution in [1.82, 2.24) is 15.2 Å². The first-order valence-corrected chi connectivity index (χ1v) is 7.69. The van der Waals surface area contributed by atoms with E-state index >= 15 is 0 Å². The molecule has 0 amide bonds.